The van der Waals surface area contributed by atoms with Gasteiger partial charge >= 0.3 is 0 Å². The average Bonchev–Trinajstić information content (AvgIpc) is 3.02. The van der Waals surface area contributed by atoms with Crippen LogP contribution in [-0.2, 0) is 14.3 Å². The molecule has 0 radical (unpaired) electrons. The molecule has 1 N–H and O–H groups in total. The number of nitrogens with one attached hydrogen (secondary N) is 1. The summed E-state index contributed by atoms with van der Waals surface area (Å²) in [6.45, 7) is 9.02. The summed E-state index contributed by atoms with van der Waals surface area (Å²) in [5.41, 5.74) is 1.76. The van der Waals surface area contributed by atoms with Gasteiger partial charge in [0, 0.05) is 0 Å². The van der Waals surface area contributed by atoms with Gasteiger partial charge in [0.1, 0.15) is 17.2 Å². The van der Waals surface area contributed by atoms with Crippen molar-refractivity contribution in [1.29, 1.82) is 0 Å². The predicted octanol–water partition coefficient (Wildman–Crippen LogP) is 4.35. The Balaban J connectivity index is 1.94. The summed E-state index contributed by atoms with van der Waals surface area (Å²) in [5.74, 6) is 0.934. The smallest absolute Gasteiger partial charge is 0.278 e. The van der Waals surface area contributed by atoms with Crippen LogP contribution in [0, 0.1) is 5.92 Å². The van der Waals surface area contributed by atoms with Gasteiger partial charge in [-0.2, -0.15) is 0 Å². The molecule has 2 aromatic carbocycles. The van der Waals surface area contributed by atoms with E-state index in [4.69, 9.17) is 14.2 Å². The molecule has 7 heteroatoms. The lowest BCUT2D eigenvalue weighted by atomic mass is 10.0. The lowest BCUT2D eigenvalue weighted by Crippen LogP contribution is -2.35. The second kappa shape index (κ2) is 11.0. The molecule has 2 aromatic rings. The molecule has 7 nitrogen and oxygen atoms in total. The molecule has 33 heavy (non-hydrogen) atoms. The normalized spacial score (nSPS) is 14.0. The monoisotopic (exact) mass is 452 g/mol. The molecule has 0 bridgehead atoms. The number of amides is 2. The predicted molar refractivity (Wildman–Crippen MR) is 128 cm³/mol. The first kappa shape index (κ1) is 24.3. The second-order valence-corrected chi connectivity index (χ2v) is 8.49. The summed E-state index contributed by atoms with van der Waals surface area (Å²) in [5, 5.41) is 3.14. The molecule has 1 aliphatic heterocycles. The van der Waals surface area contributed by atoms with Gasteiger partial charge in [-0.25, -0.2) is 0 Å². The average molecular weight is 453 g/mol. The van der Waals surface area contributed by atoms with E-state index >= 15 is 0 Å². The number of carbonyl (C=O) groups is 2. The summed E-state index contributed by atoms with van der Waals surface area (Å²) in [6, 6.07) is 14.5. The molecule has 1 aliphatic rings. The van der Waals surface area contributed by atoms with E-state index < -0.39 is 5.91 Å². The van der Waals surface area contributed by atoms with Crippen molar-refractivity contribution in [1.82, 2.24) is 4.90 Å². The second-order valence-electron chi connectivity index (χ2n) is 8.49. The Morgan fingerprint density at radius 3 is 2.27 bits per heavy atom. The van der Waals surface area contributed by atoms with Crippen molar-refractivity contribution in [2.24, 2.45) is 5.92 Å². The zero-order valence-corrected chi connectivity index (χ0v) is 19.9. The van der Waals surface area contributed by atoms with Crippen molar-refractivity contribution < 1.29 is 23.8 Å². The van der Waals surface area contributed by atoms with Gasteiger partial charge < -0.3 is 19.5 Å². The summed E-state index contributed by atoms with van der Waals surface area (Å²) in [6.07, 6.45) is 0.00907. The van der Waals surface area contributed by atoms with E-state index in [0.29, 0.717) is 40.8 Å². The fourth-order valence-electron chi connectivity index (χ4n) is 3.41. The van der Waals surface area contributed by atoms with E-state index in [-0.39, 0.29) is 30.9 Å². The molecule has 0 aliphatic carbocycles. The molecule has 1 heterocycles. The van der Waals surface area contributed by atoms with Gasteiger partial charge in [0.25, 0.3) is 11.8 Å². The third-order valence-corrected chi connectivity index (χ3v) is 5.03. The van der Waals surface area contributed by atoms with Crippen LogP contribution in [0.3, 0.4) is 0 Å². The molecule has 0 aromatic heterocycles. The van der Waals surface area contributed by atoms with E-state index in [1.54, 1.807) is 31.4 Å². The molecule has 0 saturated heterocycles. The number of rotatable bonds is 11. The minimum atomic E-state index is -0.395. The maximum absolute atomic E-state index is 13.3. The fraction of sp³-hybridized carbons (Fsp3) is 0.385. The van der Waals surface area contributed by atoms with Crippen LogP contribution < -0.4 is 14.8 Å². The van der Waals surface area contributed by atoms with Crippen molar-refractivity contribution in [3.05, 3.63) is 59.8 Å². The van der Waals surface area contributed by atoms with Crippen LogP contribution in [0.1, 0.15) is 33.3 Å². The highest BCUT2D eigenvalue weighted by Gasteiger charge is 2.39. The van der Waals surface area contributed by atoms with Crippen LogP contribution in [0.2, 0.25) is 0 Å². The molecule has 3 rings (SSSR count). The lowest BCUT2D eigenvalue weighted by Gasteiger charge is -2.17. The van der Waals surface area contributed by atoms with Crippen LogP contribution in [0.4, 0.5) is 5.69 Å². The van der Waals surface area contributed by atoms with Crippen LogP contribution >= 0.6 is 0 Å². The Labute approximate surface area is 195 Å². The number of hydrogen-bond donors (Lipinski definition) is 1. The minimum absolute atomic E-state index is 0.00907. The van der Waals surface area contributed by atoms with E-state index in [9.17, 15) is 9.59 Å². The van der Waals surface area contributed by atoms with Gasteiger partial charge in [0.05, 0.1) is 44.2 Å². The number of benzene rings is 2. The van der Waals surface area contributed by atoms with Crippen molar-refractivity contribution in [2.45, 2.75) is 33.8 Å². The number of imide groups is 1. The van der Waals surface area contributed by atoms with Crippen molar-refractivity contribution in [3.63, 3.8) is 0 Å². The molecule has 0 unspecified atom stereocenters. The Hall–Kier alpha value is -3.32. The van der Waals surface area contributed by atoms with E-state index in [1.165, 1.54) is 4.90 Å². The first-order valence-electron chi connectivity index (χ1n) is 11.2. The number of nitrogens with zero attached hydrogens (tertiary/aromatic N) is 1. The van der Waals surface area contributed by atoms with E-state index in [2.05, 4.69) is 19.2 Å². The summed E-state index contributed by atoms with van der Waals surface area (Å²) < 4.78 is 16.7. The summed E-state index contributed by atoms with van der Waals surface area (Å²) >= 11 is 0. The van der Waals surface area contributed by atoms with Gasteiger partial charge in [0.2, 0.25) is 0 Å². The molecule has 0 spiro atoms. The SMILES string of the molecule is COc1ccccc1NC1=C(c2ccc(OCC(C)C)cc2)C(=O)N(CCOC(C)C)C1=O. The van der Waals surface area contributed by atoms with Gasteiger partial charge in [-0.05, 0) is 49.6 Å². The first-order valence-corrected chi connectivity index (χ1v) is 11.2. The lowest BCUT2D eigenvalue weighted by molar-refractivity contribution is -0.137. The van der Waals surface area contributed by atoms with Gasteiger partial charge in [0.15, 0.2) is 0 Å². The Kier molecular flexibility index (Phi) is 8.11. The molecular weight excluding hydrogens is 420 g/mol. The maximum Gasteiger partial charge on any atom is 0.278 e. The molecular formula is C26H32N2O5. The third-order valence-electron chi connectivity index (χ3n) is 5.03. The molecule has 176 valence electrons. The zero-order valence-electron chi connectivity index (χ0n) is 19.9. The molecule has 0 fully saturated rings. The first-order chi connectivity index (χ1) is 15.8. The third kappa shape index (κ3) is 5.93. The van der Waals surface area contributed by atoms with Gasteiger partial charge in [-0.3, -0.25) is 14.5 Å². The largest absolute Gasteiger partial charge is 0.495 e. The highest BCUT2D eigenvalue weighted by molar-refractivity contribution is 6.36. The summed E-state index contributed by atoms with van der Waals surface area (Å²) in [4.78, 5) is 27.8. The van der Waals surface area contributed by atoms with Crippen molar-refractivity contribution >= 4 is 23.1 Å². The number of methoxy groups -OCH3 is 1. The fourth-order valence-corrected chi connectivity index (χ4v) is 3.41. The number of para-hydroxylation sites is 2. The standard InChI is InChI=1S/C26H32N2O5/c1-17(2)16-33-20-12-10-19(11-13-20)23-24(27-21-8-6-7-9-22(21)31-5)26(30)28(25(23)29)14-15-32-18(3)4/h6-13,17-18,27H,14-16H2,1-5H3. The molecule has 0 saturated carbocycles. The van der Waals surface area contributed by atoms with Crippen LogP contribution in [0.5, 0.6) is 11.5 Å². The summed E-state index contributed by atoms with van der Waals surface area (Å²) in [7, 11) is 1.56. The van der Waals surface area contributed by atoms with Gasteiger partial charge in [-0.1, -0.05) is 38.1 Å². The van der Waals surface area contributed by atoms with E-state index in [1.807, 2.05) is 38.1 Å². The number of anilines is 1. The zero-order chi connectivity index (χ0) is 24.0. The number of carbonyl (C=O) groups excluding carboxylic acids is 2. The van der Waals surface area contributed by atoms with Crippen LogP contribution in [0.25, 0.3) is 5.57 Å². The van der Waals surface area contributed by atoms with Crippen molar-refractivity contribution in [3.8, 4) is 11.5 Å². The van der Waals surface area contributed by atoms with Crippen LogP contribution in [-0.4, -0.2) is 49.7 Å². The highest BCUT2D eigenvalue weighted by Crippen LogP contribution is 2.33. The molecule has 2 amide bonds. The maximum atomic E-state index is 13.3. The molecule has 0 atom stereocenters. The van der Waals surface area contributed by atoms with Crippen LogP contribution in [0.15, 0.2) is 54.2 Å². The van der Waals surface area contributed by atoms with Crippen molar-refractivity contribution in [2.75, 3.05) is 32.2 Å². The quantitative estimate of drug-likeness (QED) is 0.511. The Morgan fingerprint density at radius 1 is 0.939 bits per heavy atom. The minimum Gasteiger partial charge on any atom is -0.495 e. The van der Waals surface area contributed by atoms with E-state index in [0.717, 1.165) is 0 Å². The number of hydrogen-bond acceptors (Lipinski definition) is 6. The topological polar surface area (TPSA) is 77.1 Å². The Morgan fingerprint density at radius 2 is 1.64 bits per heavy atom. The number of ether oxygens (including phenoxy) is 3. The highest BCUT2D eigenvalue weighted by atomic mass is 16.5. The van der Waals surface area contributed by atoms with Gasteiger partial charge in [-0.15, -0.1) is 0 Å². The Bertz CT molecular complexity index is 1010.